The molecule has 0 atom stereocenters. The van der Waals surface area contributed by atoms with Crippen LogP contribution in [-0.4, -0.2) is 15.5 Å². The Morgan fingerprint density at radius 2 is 2.10 bits per heavy atom. The first-order chi connectivity index (χ1) is 9.44. The number of sulfonamides is 1. The van der Waals surface area contributed by atoms with Crippen LogP contribution in [0.1, 0.15) is 4.88 Å². The number of anilines is 1. The van der Waals surface area contributed by atoms with Crippen LogP contribution in [0.4, 0.5) is 10.1 Å². The molecule has 0 bridgehead atoms. The molecule has 0 radical (unpaired) electrons. The molecule has 8 heteroatoms. The zero-order valence-electron chi connectivity index (χ0n) is 10.5. The first-order valence-corrected chi connectivity index (χ1v) is 8.78. The van der Waals surface area contributed by atoms with Gasteiger partial charge in [-0.3, -0.25) is 4.72 Å². The highest BCUT2D eigenvalue weighted by Crippen LogP contribution is 2.26. The highest BCUT2D eigenvalue weighted by molar-refractivity contribution is 9.10. The lowest BCUT2D eigenvalue weighted by atomic mass is 10.3. The summed E-state index contributed by atoms with van der Waals surface area (Å²) in [6.07, 6.45) is 0. The number of nitrogens with one attached hydrogen (secondary N) is 2. The second-order valence-corrected chi connectivity index (χ2v) is 7.54. The fourth-order valence-electron chi connectivity index (χ4n) is 1.63. The van der Waals surface area contributed by atoms with Crippen LogP contribution in [0.2, 0.25) is 0 Å². The summed E-state index contributed by atoms with van der Waals surface area (Å²) in [5, 5.41) is 4.60. The van der Waals surface area contributed by atoms with Crippen molar-refractivity contribution in [2.45, 2.75) is 11.4 Å². The zero-order valence-corrected chi connectivity index (χ0v) is 13.7. The molecule has 1 aromatic heterocycles. The van der Waals surface area contributed by atoms with E-state index in [2.05, 4.69) is 26.0 Å². The Balaban J connectivity index is 2.36. The average molecular weight is 379 g/mol. The van der Waals surface area contributed by atoms with Gasteiger partial charge in [-0.25, -0.2) is 12.8 Å². The lowest BCUT2D eigenvalue weighted by Crippen LogP contribution is -2.16. The lowest BCUT2D eigenvalue weighted by Gasteiger charge is -2.10. The minimum Gasteiger partial charge on any atom is -0.315 e. The summed E-state index contributed by atoms with van der Waals surface area (Å²) in [4.78, 5) is 0.839. The molecule has 0 aliphatic carbocycles. The second-order valence-electron chi connectivity index (χ2n) is 3.97. The Hall–Kier alpha value is -0.960. The molecule has 1 aromatic carbocycles. The van der Waals surface area contributed by atoms with Crippen LogP contribution in [0.15, 0.2) is 39.0 Å². The molecule has 0 fully saturated rings. The fourth-order valence-corrected chi connectivity index (χ4v) is 4.51. The van der Waals surface area contributed by atoms with Crippen LogP contribution in [0, 0.1) is 5.82 Å². The summed E-state index contributed by atoms with van der Waals surface area (Å²) < 4.78 is 41.1. The van der Waals surface area contributed by atoms with Gasteiger partial charge in [0.15, 0.2) is 0 Å². The van der Waals surface area contributed by atoms with E-state index in [0.717, 1.165) is 0 Å². The van der Waals surface area contributed by atoms with Gasteiger partial charge < -0.3 is 5.32 Å². The van der Waals surface area contributed by atoms with Gasteiger partial charge in [0, 0.05) is 15.9 Å². The van der Waals surface area contributed by atoms with Gasteiger partial charge >= 0.3 is 0 Å². The van der Waals surface area contributed by atoms with Crippen molar-refractivity contribution in [3.63, 3.8) is 0 Å². The number of hydrogen-bond acceptors (Lipinski definition) is 4. The molecule has 0 unspecified atom stereocenters. The highest BCUT2D eigenvalue weighted by atomic mass is 79.9. The van der Waals surface area contributed by atoms with Crippen LogP contribution >= 0.6 is 27.3 Å². The quantitative estimate of drug-likeness (QED) is 0.839. The standard InChI is InChI=1S/C12H12BrFN2O2S2/c1-15-7-11-12(4-5-19-11)20(17,18)16-10-6-8(13)2-3-9(10)14/h2-6,15-16H,7H2,1H3. The minimum absolute atomic E-state index is 0.0824. The van der Waals surface area contributed by atoms with Crippen molar-refractivity contribution in [2.75, 3.05) is 11.8 Å². The van der Waals surface area contributed by atoms with E-state index in [1.807, 2.05) is 0 Å². The Bertz CT molecular complexity index is 716. The smallest absolute Gasteiger partial charge is 0.263 e. The van der Waals surface area contributed by atoms with E-state index >= 15 is 0 Å². The van der Waals surface area contributed by atoms with E-state index in [0.29, 0.717) is 15.9 Å². The van der Waals surface area contributed by atoms with Crippen molar-refractivity contribution in [1.29, 1.82) is 0 Å². The molecule has 4 nitrogen and oxygen atoms in total. The van der Waals surface area contributed by atoms with Crippen LogP contribution in [0.5, 0.6) is 0 Å². The third-order valence-electron chi connectivity index (χ3n) is 2.50. The highest BCUT2D eigenvalue weighted by Gasteiger charge is 2.21. The Morgan fingerprint density at radius 1 is 1.35 bits per heavy atom. The SMILES string of the molecule is CNCc1sccc1S(=O)(=O)Nc1cc(Br)ccc1F. The number of hydrogen-bond donors (Lipinski definition) is 2. The van der Waals surface area contributed by atoms with Crippen molar-refractivity contribution < 1.29 is 12.8 Å². The summed E-state index contributed by atoms with van der Waals surface area (Å²) in [5.74, 6) is -0.623. The number of rotatable bonds is 5. The Kier molecular flexibility index (Phi) is 4.79. The van der Waals surface area contributed by atoms with Crippen LogP contribution < -0.4 is 10.0 Å². The van der Waals surface area contributed by atoms with Crippen molar-refractivity contribution in [3.8, 4) is 0 Å². The molecule has 0 saturated carbocycles. The summed E-state index contributed by atoms with van der Waals surface area (Å²) in [5.41, 5.74) is -0.0824. The van der Waals surface area contributed by atoms with Gasteiger partial charge in [0.25, 0.3) is 10.0 Å². The lowest BCUT2D eigenvalue weighted by molar-refractivity contribution is 0.597. The molecule has 0 amide bonds. The van der Waals surface area contributed by atoms with Gasteiger partial charge in [-0.1, -0.05) is 15.9 Å². The number of thiophene rings is 1. The second kappa shape index (κ2) is 6.21. The molecule has 20 heavy (non-hydrogen) atoms. The topological polar surface area (TPSA) is 58.2 Å². The third kappa shape index (κ3) is 3.38. The Morgan fingerprint density at radius 3 is 2.80 bits per heavy atom. The third-order valence-corrected chi connectivity index (χ3v) is 5.50. The van der Waals surface area contributed by atoms with Crippen LogP contribution in [0.25, 0.3) is 0 Å². The largest absolute Gasteiger partial charge is 0.315 e. The van der Waals surface area contributed by atoms with Crippen LogP contribution in [0.3, 0.4) is 0 Å². The van der Waals surface area contributed by atoms with E-state index in [1.54, 1.807) is 12.4 Å². The molecule has 2 N–H and O–H groups in total. The predicted molar refractivity (Wildman–Crippen MR) is 82.0 cm³/mol. The van der Waals surface area contributed by atoms with E-state index in [9.17, 15) is 12.8 Å². The Labute approximate surface area is 129 Å². The molecule has 1 heterocycles. The maximum atomic E-state index is 13.6. The molecule has 0 saturated heterocycles. The number of benzene rings is 1. The van der Waals surface area contributed by atoms with E-state index < -0.39 is 15.8 Å². The van der Waals surface area contributed by atoms with Crippen molar-refractivity contribution in [1.82, 2.24) is 5.32 Å². The summed E-state index contributed by atoms with van der Waals surface area (Å²) in [7, 11) is -2.07. The van der Waals surface area contributed by atoms with E-state index in [1.165, 1.54) is 35.6 Å². The van der Waals surface area contributed by atoms with Gasteiger partial charge in [0.05, 0.1) is 5.69 Å². The molecular formula is C12H12BrFN2O2S2. The van der Waals surface area contributed by atoms with Gasteiger partial charge in [-0.05, 0) is 36.7 Å². The zero-order chi connectivity index (χ0) is 14.8. The molecule has 2 aromatic rings. The monoisotopic (exact) mass is 378 g/mol. The molecular weight excluding hydrogens is 367 g/mol. The first kappa shape index (κ1) is 15.4. The van der Waals surface area contributed by atoms with Crippen molar-refractivity contribution in [2.24, 2.45) is 0 Å². The van der Waals surface area contributed by atoms with Gasteiger partial charge in [-0.2, -0.15) is 0 Å². The molecule has 0 aliphatic rings. The van der Waals surface area contributed by atoms with Gasteiger partial charge in [0.1, 0.15) is 10.7 Å². The van der Waals surface area contributed by atoms with E-state index in [4.69, 9.17) is 0 Å². The maximum absolute atomic E-state index is 13.6. The summed E-state index contributed by atoms with van der Waals surface area (Å²) >= 11 is 4.52. The fraction of sp³-hybridized carbons (Fsp3) is 0.167. The predicted octanol–water partition coefficient (Wildman–Crippen LogP) is 3.17. The number of halogens is 2. The average Bonchev–Trinajstić information content (AvgIpc) is 2.83. The van der Waals surface area contributed by atoms with E-state index in [-0.39, 0.29) is 10.6 Å². The van der Waals surface area contributed by atoms with Gasteiger partial charge in [0.2, 0.25) is 0 Å². The molecule has 2 rings (SSSR count). The summed E-state index contributed by atoms with van der Waals surface area (Å²) in [6, 6.07) is 5.60. The van der Waals surface area contributed by atoms with Crippen molar-refractivity contribution in [3.05, 3.63) is 44.8 Å². The van der Waals surface area contributed by atoms with Crippen molar-refractivity contribution >= 4 is 43.0 Å². The summed E-state index contributed by atoms with van der Waals surface area (Å²) in [6.45, 7) is 0.439. The molecule has 0 aliphatic heterocycles. The maximum Gasteiger partial charge on any atom is 0.263 e. The molecule has 108 valence electrons. The van der Waals surface area contributed by atoms with Gasteiger partial charge in [-0.15, -0.1) is 11.3 Å². The minimum atomic E-state index is -3.80. The molecule has 0 spiro atoms. The first-order valence-electron chi connectivity index (χ1n) is 5.63. The van der Waals surface area contributed by atoms with Crippen LogP contribution in [-0.2, 0) is 16.6 Å². The normalized spacial score (nSPS) is 11.6.